The van der Waals surface area contributed by atoms with Gasteiger partial charge in [0.1, 0.15) is 0 Å². The predicted octanol–water partition coefficient (Wildman–Crippen LogP) is 2.20. The Balaban J connectivity index is 1.51. The molecule has 0 aliphatic heterocycles. The minimum absolute atomic E-state index is 0.156. The Hall–Kier alpha value is -2.17. The highest BCUT2D eigenvalue weighted by Crippen LogP contribution is 2.26. The zero-order chi connectivity index (χ0) is 13.8. The third-order valence-electron chi connectivity index (χ3n) is 3.61. The van der Waals surface area contributed by atoms with Crippen molar-refractivity contribution in [3.63, 3.8) is 0 Å². The van der Waals surface area contributed by atoms with Crippen molar-refractivity contribution in [3.8, 4) is 11.5 Å². The number of rotatable bonds is 5. The number of hydrogen-bond acceptors (Lipinski definition) is 4. The lowest BCUT2D eigenvalue weighted by Crippen LogP contribution is -2.35. The lowest BCUT2D eigenvalue weighted by molar-refractivity contribution is -0.127. The van der Waals surface area contributed by atoms with E-state index in [1.165, 1.54) is 6.42 Å². The van der Waals surface area contributed by atoms with Gasteiger partial charge in [0.2, 0.25) is 5.91 Å². The molecular weight excluding hydrogens is 254 g/mol. The fraction of sp³-hybridized carbons (Fsp3) is 0.400. The highest BCUT2D eigenvalue weighted by molar-refractivity contribution is 5.79. The molecule has 20 heavy (non-hydrogen) atoms. The van der Waals surface area contributed by atoms with E-state index in [1.54, 1.807) is 0 Å². The monoisotopic (exact) mass is 271 g/mol. The maximum Gasteiger partial charge on any atom is 0.257 e. The SMILES string of the molecule is O=C(NCCc1noc(-c2ccccc2)n1)C1CCC1. The highest BCUT2D eigenvalue weighted by atomic mass is 16.5. The first-order chi connectivity index (χ1) is 9.83. The average molecular weight is 271 g/mol. The minimum atomic E-state index is 0.156. The number of nitrogens with one attached hydrogen (secondary N) is 1. The Labute approximate surface area is 117 Å². The third kappa shape index (κ3) is 2.87. The Morgan fingerprint density at radius 3 is 2.80 bits per heavy atom. The van der Waals surface area contributed by atoms with Crippen molar-refractivity contribution in [1.29, 1.82) is 0 Å². The van der Waals surface area contributed by atoms with Crippen LogP contribution in [0.15, 0.2) is 34.9 Å². The lowest BCUT2D eigenvalue weighted by Gasteiger charge is -2.23. The van der Waals surface area contributed by atoms with Crippen LogP contribution in [-0.4, -0.2) is 22.6 Å². The van der Waals surface area contributed by atoms with E-state index in [0.29, 0.717) is 24.7 Å². The molecule has 0 radical (unpaired) electrons. The van der Waals surface area contributed by atoms with Gasteiger partial charge in [-0.2, -0.15) is 4.98 Å². The molecule has 0 spiro atoms. The van der Waals surface area contributed by atoms with Gasteiger partial charge in [0.25, 0.3) is 5.89 Å². The smallest absolute Gasteiger partial charge is 0.257 e. The van der Waals surface area contributed by atoms with Gasteiger partial charge < -0.3 is 9.84 Å². The number of aromatic nitrogens is 2. The molecule has 2 aromatic rings. The highest BCUT2D eigenvalue weighted by Gasteiger charge is 2.24. The van der Waals surface area contributed by atoms with E-state index in [9.17, 15) is 4.79 Å². The van der Waals surface area contributed by atoms with Crippen molar-refractivity contribution >= 4 is 5.91 Å². The van der Waals surface area contributed by atoms with Crippen LogP contribution in [0.1, 0.15) is 25.1 Å². The molecular formula is C15H17N3O2. The van der Waals surface area contributed by atoms with E-state index in [2.05, 4.69) is 15.5 Å². The van der Waals surface area contributed by atoms with Crippen molar-refractivity contribution < 1.29 is 9.32 Å². The average Bonchev–Trinajstić information content (AvgIpc) is 2.86. The summed E-state index contributed by atoms with van der Waals surface area (Å²) in [5, 5.41) is 6.85. The summed E-state index contributed by atoms with van der Waals surface area (Å²) in [6.45, 7) is 0.559. The van der Waals surface area contributed by atoms with E-state index in [4.69, 9.17) is 4.52 Å². The van der Waals surface area contributed by atoms with Crippen LogP contribution < -0.4 is 5.32 Å². The minimum Gasteiger partial charge on any atom is -0.355 e. The Kier molecular flexibility index (Phi) is 3.76. The number of benzene rings is 1. The van der Waals surface area contributed by atoms with E-state index in [-0.39, 0.29) is 11.8 Å². The number of carbonyl (C=O) groups is 1. The first-order valence-electron chi connectivity index (χ1n) is 6.98. The summed E-state index contributed by atoms with van der Waals surface area (Å²) < 4.78 is 5.21. The van der Waals surface area contributed by atoms with Crippen molar-refractivity contribution in [2.75, 3.05) is 6.54 Å². The molecule has 1 heterocycles. The van der Waals surface area contributed by atoms with E-state index in [1.807, 2.05) is 30.3 Å². The molecule has 0 unspecified atom stereocenters. The molecule has 104 valence electrons. The molecule has 5 heteroatoms. The number of nitrogens with zero attached hydrogens (tertiary/aromatic N) is 2. The zero-order valence-corrected chi connectivity index (χ0v) is 11.2. The van der Waals surface area contributed by atoms with Crippen LogP contribution in [0.3, 0.4) is 0 Å². The first-order valence-corrected chi connectivity index (χ1v) is 6.98. The fourth-order valence-electron chi connectivity index (χ4n) is 2.17. The molecule has 1 amide bonds. The Morgan fingerprint density at radius 1 is 1.30 bits per heavy atom. The van der Waals surface area contributed by atoms with E-state index < -0.39 is 0 Å². The summed E-state index contributed by atoms with van der Waals surface area (Å²) in [7, 11) is 0. The molecule has 1 fully saturated rings. The number of hydrogen-bond donors (Lipinski definition) is 1. The van der Waals surface area contributed by atoms with Crippen molar-refractivity contribution in [1.82, 2.24) is 15.5 Å². The third-order valence-corrected chi connectivity index (χ3v) is 3.61. The van der Waals surface area contributed by atoms with Crippen LogP contribution >= 0.6 is 0 Å². The second kappa shape index (κ2) is 5.86. The summed E-state index contributed by atoms with van der Waals surface area (Å²) in [6, 6.07) is 9.65. The number of amides is 1. The Bertz CT molecular complexity index is 576. The van der Waals surface area contributed by atoms with Crippen molar-refractivity contribution in [3.05, 3.63) is 36.2 Å². The summed E-state index contributed by atoms with van der Waals surface area (Å²) in [4.78, 5) is 16.0. The zero-order valence-electron chi connectivity index (χ0n) is 11.2. The standard InChI is InChI=1S/C15H17N3O2/c19-14(11-7-4-8-11)16-10-9-13-17-15(20-18-13)12-5-2-1-3-6-12/h1-3,5-6,11H,4,7-10H2,(H,16,19). The molecule has 1 aliphatic rings. The maximum atomic E-state index is 11.7. The van der Waals surface area contributed by atoms with Crippen LogP contribution in [0.5, 0.6) is 0 Å². The fourth-order valence-corrected chi connectivity index (χ4v) is 2.17. The summed E-state index contributed by atoms with van der Waals surface area (Å²) in [5.41, 5.74) is 0.907. The summed E-state index contributed by atoms with van der Waals surface area (Å²) in [5.74, 6) is 1.52. The van der Waals surface area contributed by atoms with Gasteiger partial charge in [-0.25, -0.2) is 0 Å². The van der Waals surface area contributed by atoms with Crippen molar-refractivity contribution in [2.24, 2.45) is 5.92 Å². The quantitative estimate of drug-likeness (QED) is 0.905. The van der Waals surface area contributed by atoms with Gasteiger partial charge in [0.05, 0.1) is 0 Å². The van der Waals surface area contributed by atoms with Crippen LogP contribution in [-0.2, 0) is 11.2 Å². The second-order valence-corrected chi connectivity index (χ2v) is 5.05. The first kappa shape index (κ1) is 12.8. The normalized spacial score (nSPS) is 14.8. The molecule has 5 nitrogen and oxygen atoms in total. The topological polar surface area (TPSA) is 68.0 Å². The van der Waals surface area contributed by atoms with E-state index in [0.717, 1.165) is 18.4 Å². The van der Waals surface area contributed by atoms with Gasteiger partial charge in [-0.15, -0.1) is 0 Å². The molecule has 1 aromatic heterocycles. The summed E-state index contributed by atoms with van der Waals surface area (Å²) >= 11 is 0. The maximum absolute atomic E-state index is 11.7. The van der Waals surface area contributed by atoms with Crippen LogP contribution in [0.25, 0.3) is 11.5 Å². The van der Waals surface area contributed by atoms with Gasteiger partial charge in [-0.1, -0.05) is 29.8 Å². The van der Waals surface area contributed by atoms with Gasteiger partial charge in [0, 0.05) is 24.4 Å². The van der Waals surface area contributed by atoms with Crippen LogP contribution in [0.2, 0.25) is 0 Å². The molecule has 1 aliphatic carbocycles. The van der Waals surface area contributed by atoms with Gasteiger partial charge in [0.15, 0.2) is 5.82 Å². The van der Waals surface area contributed by atoms with E-state index >= 15 is 0 Å². The number of carbonyl (C=O) groups excluding carboxylic acids is 1. The molecule has 0 atom stereocenters. The van der Waals surface area contributed by atoms with Crippen LogP contribution in [0, 0.1) is 5.92 Å². The molecule has 0 saturated heterocycles. The Morgan fingerprint density at radius 2 is 2.10 bits per heavy atom. The predicted molar refractivity (Wildman–Crippen MR) is 73.8 cm³/mol. The van der Waals surface area contributed by atoms with Gasteiger partial charge in [-0.3, -0.25) is 4.79 Å². The molecule has 1 saturated carbocycles. The van der Waals surface area contributed by atoms with Crippen molar-refractivity contribution in [2.45, 2.75) is 25.7 Å². The molecule has 0 bridgehead atoms. The van der Waals surface area contributed by atoms with Gasteiger partial charge >= 0.3 is 0 Å². The molecule has 1 aromatic carbocycles. The van der Waals surface area contributed by atoms with Crippen LogP contribution in [0.4, 0.5) is 0 Å². The molecule has 1 N–H and O–H groups in total. The lowest BCUT2D eigenvalue weighted by atomic mass is 9.85. The van der Waals surface area contributed by atoms with Gasteiger partial charge in [-0.05, 0) is 25.0 Å². The largest absolute Gasteiger partial charge is 0.355 e. The summed E-state index contributed by atoms with van der Waals surface area (Å²) in [6.07, 6.45) is 3.80. The molecule has 3 rings (SSSR count). The second-order valence-electron chi connectivity index (χ2n) is 5.05.